The van der Waals surface area contributed by atoms with E-state index in [4.69, 9.17) is 4.98 Å². The molecule has 1 fully saturated rings. The Morgan fingerprint density at radius 1 is 1.30 bits per heavy atom. The van der Waals surface area contributed by atoms with Crippen molar-refractivity contribution in [2.45, 2.75) is 39.2 Å². The largest absolute Gasteiger partial charge is 0.366 e. The molecule has 0 unspecified atom stereocenters. The maximum atomic E-state index is 4.69. The van der Waals surface area contributed by atoms with Gasteiger partial charge >= 0.3 is 0 Å². The lowest BCUT2D eigenvalue weighted by Gasteiger charge is -2.27. The van der Waals surface area contributed by atoms with Crippen molar-refractivity contribution < 1.29 is 0 Å². The van der Waals surface area contributed by atoms with Crippen LogP contribution in [0.3, 0.4) is 0 Å². The van der Waals surface area contributed by atoms with E-state index < -0.39 is 0 Å². The van der Waals surface area contributed by atoms with Gasteiger partial charge in [0.2, 0.25) is 0 Å². The predicted octanol–water partition coefficient (Wildman–Crippen LogP) is 4.43. The summed E-state index contributed by atoms with van der Waals surface area (Å²) in [5, 5.41) is 6.16. The number of rotatable bonds is 2. The van der Waals surface area contributed by atoms with Crippen LogP contribution in [-0.2, 0) is 0 Å². The Bertz CT molecular complexity index is 802. The third-order valence-corrected chi connectivity index (χ3v) is 5.24. The Kier molecular flexibility index (Phi) is 2.67. The fourth-order valence-corrected chi connectivity index (χ4v) is 4.14. The van der Waals surface area contributed by atoms with E-state index in [1.165, 1.54) is 40.3 Å². The number of hydrogen-bond donors (Lipinski definition) is 1. The molecule has 3 nitrogen and oxygen atoms in total. The van der Waals surface area contributed by atoms with Crippen molar-refractivity contribution in [3.05, 3.63) is 29.6 Å². The molecule has 0 atom stereocenters. The van der Waals surface area contributed by atoms with Crippen LogP contribution in [-0.4, -0.2) is 16.0 Å². The van der Waals surface area contributed by atoms with Crippen molar-refractivity contribution in [1.29, 1.82) is 0 Å². The molecule has 0 bridgehead atoms. The zero-order valence-electron chi connectivity index (χ0n) is 11.7. The van der Waals surface area contributed by atoms with Crippen molar-refractivity contribution in [2.24, 2.45) is 0 Å². The average Bonchev–Trinajstić information content (AvgIpc) is 2.72. The second-order valence-corrected chi connectivity index (χ2v) is 6.67. The highest BCUT2D eigenvalue weighted by Gasteiger charge is 2.20. The van der Waals surface area contributed by atoms with Crippen molar-refractivity contribution in [3.63, 3.8) is 0 Å². The second-order valence-electron chi connectivity index (χ2n) is 5.67. The molecular weight excluding hydrogens is 266 g/mol. The first-order chi connectivity index (χ1) is 9.72. The number of aromatic nitrogens is 2. The molecule has 0 aromatic carbocycles. The number of fused-ring (bicyclic) bond motifs is 3. The molecule has 20 heavy (non-hydrogen) atoms. The summed E-state index contributed by atoms with van der Waals surface area (Å²) >= 11 is 1.76. The van der Waals surface area contributed by atoms with Gasteiger partial charge in [-0.25, -0.2) is 9.97 Å². The predicted molar refractivity (Wildman–Crippen MR) is 85.7 cm³/mol. The number of hydrogen-bond acceptors (Lipinski definition) is 4. The number of thiophene rings is 1. The average molecular weight is 283 g/mol. The summed E-state index contributed by atoms with van der Waals surface area (Å²) in [5.41, 5.74) is 2.39. The smallest absolute Gasteiger partial charge is 0.144 e. The van der Waals surface area contributed by atoms with Gasteiger partial charge < -0.3 is 5.32 Å². The molecule has 4 heteroatoms. The summed E-state index contributed by atoms with van der Waals surface area (Å²) in [6.45, 7) is 4.23. The summed E-state index contributed by atoms with van der Waals surface area (Å²) < 4.78 is 1.25. The van der Waals surface area contributed by atoms with Gasteiger partial charge in [-0.15, -0.1) is 11.3 Å². The first kappa shape index (κ1) is 12.1. The first-order valence-corrected chi connectivity index (χ1v) is 7.96. The minimum absolute atomic E-state index is 0.606. The Hall–Kier alpha value is -1.68. The fourth-order valence-electron chi connectivity index (χ4n) is 2.90. The maximum absolute atomic E-state index is 4.69. The van der Waals surface area contributed by atoms with E-state index in [-0.39, 0.29) is 0 Å². The van der Waals surface area contributed by atoms with Crippen LogP contribution in [0, 0.1) is 13.8 Å². The molecule has 3 heterocycles. The quantitative estimate of drug-likeness (QED) is 0.756. The molecule has 0 spiro atoms. The van der Waals surface area contributed by atoms with E-state index in [1.807, 2.05) is 6.20 Å². The maximum Gasteiger partial charge on any atom is 0.144 e. The Balaban J connectivity index is 1.95. The molecule has 1 saturated carbocycles. The van der Waals surface area contributed by atoms with Crippen LogP contribution < -0.4 is 5.32 Å². The molecule has 3 aromatic heterocycles. The van der Waals surface area contributed by atoms with Crippen LogP contribution in [0.25, 0.3) is 20.3 Å². The molecule has 4 rings (SSSR count). The Labute approximate surface area is 122 Å². The standard InChI is InChI=1S/C16H17N3S/c1-9-8-10(2)18-16-13(9)12-6-7-17-15(14(12)20-16)19-11-4-3-5-11/h6-8,11H,3-5H2,1-2H3,(H,17,19). The molecular formula is C16H17N3S. The minimum Gasteiger partial charge on any atom is -0.366 e. The lowest BCUT2D eigenvalue weighted by Crippen LogP contribution is -2.27. The molecule has 0 aliphatic heterocycles. The third-order valence-electron chi connectivity index (χ3n) is 4.13. The van der Waals surface area contributed by atoms with E-state index in [0.717, 1.165) is 16.3 Å². The summed E-state index contributed by atoms with van der Waals surface area (Å²) in [4.78, 5) is 10.4. The number of nitrogens with one attached hydrogen (secondary N) is 1. The Morgan fingerprint density at radius 2 is 2.15 bits per heavy atom. The molecule has 102 valence electrons. The van der Waals surface area contributed by atoms with Crippen molar-refractivity contribution in [2.75, 3.05) is 5.32 Å². The summed E-state index contributed by atoms with van der Waals surface area (Å²) in [5.74, 6) is 1.03. The highest BCUT2D eigenvalue weighted by molar-refractivity contribution is 7.26. The van der Waals surface area contributed by atoms with E-state index in [0.29, 0.717) is 6.04 Å². The van der Waals surface area contributed by atoms with Crippen LogP contribution in [0.15, 0.2) is 18.3 Å². The topological polar surface area (TPSA) is 37.8 Å². The van der Waals surface area contributed by atoms with Gasteiger partial charge in [0.1, 0.15) is 10.6 Å². The Morgan fingerprint density at radius 3 is 2.90 bits per heavy atom. The van der Waals surface area contributed by atoms with Crippen molar-refractivity contribution in [3.8, 4) is 0 Å². The first-order valence-electron chi connectivity index (χ1n) is 7.14. The van der Waals surface area contributed by atoms with Crippen LogP contribution in [0.2, 0.25) is 0 Å². The van der Waals surface area contributed by atoms with Gasteiger partial charge in [-0.05, 0) is 50.8 Å². The van der Waals surface area contributed by atoms with Crippen LogP contribution in [0.1, 0.15) is 30.5 Å². The molecule has 1 N–H and O–H groups in total. The normalized spacial score (nSPS) is 15.7. The van der Waals surface area contributed by atoms with Gasteiger partial charge in [0.05, 0.1) is 4.70 Å². The van der Waals surface area contributed by atoms with E-state index in [1.54, 1.807) is 11.3 Å². The van der Waals surface area contributed by atoms with Gasteiger partial charge in [-0.3, -0.25) is 0 Å². The van der Waals surface area contributed by atoms with Crippen LogP contribution in [0.4, 0.5) is 5.82 Å². The summed E-state index contributed by atoms with van der Waals surface area (Å²) in [7, 11) is 0. The second kappa shape index (κ2) is 4.42. The van der Waals surface area contributed by atoms with Crippen molar-refractivity contribution >= 4 is 37.5 Å². The molecule has 0 saturated heterocycles. The highest BCUT2D eigenvalue weighted by Crippen LogP contribution is 2.38. The van der Waals surface area contributed by atoms with Gasteiger partial charge in [0.25, 0.3) is 0 Å². The SMILES string of the molecule is Cc1cc(C)c2c(n1)sc1c(NC3CCC3)nccc12. The number of anilines is 1. The van der Waals surface area contributed by atoms with E-state index >= 15 is 0 Å². The third kappa shape index (κ3) is 1.79. The van der Waals surface area contributed by atoms with E-state index in [2.05, 4.69) is 36.3 Å². The van der Waals surface area contributed by atoms with E-state index in [9.17, 15) is 0 Å². The molecule has 0 radical (unpaired) electrons. The number of nitrogens with zero attached hydrogens (tertiary/aromatic N) is 2. The molecule has 3 aromatic rings. The van der Waals surface area contributed by atoms with Crippen molar-refractivity contribution in [1.82, 2.24) is 9.97 Å². The lowest BCUT2D eigenvalue weighted by atomic mass is 9.93. The minimum atomic E-state index is 0.606. The fraction of sp³-hybridized carbons (Fsp3) is 0.375. The van der Waals surface area contributed by atoms with Gasteiger partial charge in [-0.1, -0.05) is 0 Å². The zero-order valence-corrected chi connectivity index (χ0v) is 12.5. The highest BCUT2D eigenvalue weighted by atomic mass is 32.1. The lowest BCUT2D eigenvalue weighted by molar-refractivity contribution is 0.445. The molecule has 1 aliphatic carbocycles. The zero-order chi connectivity index (χ0) is 13.7. The number of aryl methyl sites for hydroxylation is 2. The number of pyridine rings is 2. The van der Waals surface area contributed by atoms with Gasteiger partial charge in [0.15, 0.2) is 0 Å². The summed E-state index contributed by atoms with van der Waals surface area (Å²) in [6.07, 6.45) is 5.77. The van der Waals surface area contributed by atoms with Gasteiger partial charge in [0, 0.05) is 28.7 Å². The van der Waals surface area contributed by atoms with Crippen LogP contribution in [0.5, 0.6) is 0 Å². The monoisotopic (exact) mass is 283 g/mol. The van der Waals surface area contributed by atoms with Crippen LogP contribution >= 0.6 is 11.3 Å². The molecule has 0 amide bonds. The molecule has 1 aliphatic rings. The summed E-state index contributed by atoms with van der Waals surface area (Å²) in [6, 6.07) is 4.88. The van der Waals surface area contributed by atoms with Gasteiger partial charge in [-0.2, -0.15) is 0 Å².